The SMILES string of the molecule is CCN1[C@@H]2O[C@H]3CC[C@]2(CO)[C@H]2[C@H](OC)[C@@]4(O)[C@@H]1[C@@]32[C@@H]1C[C@H]2[C@H](OC)[C@@H]1[C@]4(O)C[C@@H]2OC. The molecule has 9 fully saturated rings. The lowest BCUT2D eigenvalue weighted by Gasteiger charge is -2.76. The molecule has 0 radical (unpaired) electrons. The molecule has 8 nitrogen and oxygen atoms in total. The minimum Gasteiger partial charge on any atom is -0.396 e. The standard InChI is InChI=1S/C24H37NO7/c1-5-25-19-23-12-8-11-13(29-2)9-22(27,15(12)16(11)30-3)24(19,28)18(31-4)17(23)21(10-26)7-6-14(23)32-20(21)25/h11-20,26-28H,5-10H2,1-4H3/t11-,12-,13+,14+,15-,16+,17-,18+,19+,20-,21+,22-,23+,24-/m1/s1. The van der Waals surface area contributed by atoms with Crippen molar-refractivity contribution < 1.29 is 34.3 Å². The van der Waals surface area contributed by atoms with E-state index in [-0.39, 0.29) is 66.3 Å². The zero-order valence-corrected chi connectivity index (χ0v) is 19.4. The molecule has 9 aliphatic rings. The van der Waals surface area contributed by atoms with E-state index in [0.29, 0.717) is 13.0 Å². The quantitative estimate of drug-likeness (QED) is 0.536. The van der Waals surface area contributed by atoms with E-state index < -0.39 is 22.7 Å². The highest BCUT2D eigenvalue weighted by molar-refractivity contribution is 5.43. The summed E-state index contributed by atoms with van der Waals surface area (Å²) in [7, 11) is 5.08. The number of hydrogen-bond donors (Lipinski definition) is 3. The van der Waals surface area contributed by atoms with Crippen molar-refractivity contribution in [3.8, 4) is 0 Å². The van der Waals surface area contributed by atoms with Gasteiger partial charge in [0.2, 0.25) is 0 Å². The van der Waals surface area contributed by atoms with Gasteiger partial charge in [0.15, 0.2) is 0 Å². The van der Waals surface area contributed by atoms with Crippen molar-refractivity contribution in [3.05, 3.63) is 0 Å². The molecule has 5 aliphatic carbocycles. The number of ether oxygens (including phenoxy) is 4. The number of aliphatic hydroxyl groups excluding tert-OH is 1. The molecule has 180 valence electrons. The average molecular weight is 452 g/mol. The lowest BCUT2D eigenvalue weighted by atomic mass is 9.41. The number of rotatable bonds is 5. The van der Waals surface area contributed by atoms with Gasteiger partial charge in [0, 0.05) is 56.3 Å². The monoisotopic (exact) mass is 451 g/mol. The number of hydrogen-bond acceptors (Lipinski definition) is 8. The van der Waals surface area contributed by atoms with Crippen LogP contribution in [-0.4, -0.2) is 103 Å². The van der Waals surface area contributed by atoms with Gasteiger partial charge in [-0.15, -0.1) is 0 Å². The molecule has 0 amide bonds. The van der Waals surface area contributed by atoms with Crippen LogP contribution in [0.2, 0.25) is 0 Å². The molecule has 4 heterocycles. The minimum absolute atomic E-state index is 0.00204. The van der Waals surface area contributed by atoms with E-state index >= 15 is 0 Å². The molecule has 9 rings (SSSR count). The Morgan fingerprint density at radius 2 is 1.91 bits per heavy atom. The Hall–Kier alpha value is -0.320. The summed E-state index contributed by atoms with van der Waals surface area (Å²) in [6.45, 7) is 2.79. The molecule has 0 unspecified atom stereocenters. The Labute approximate surface area is 189 Å². The molecular formula is C24H37NO7. The van der Waals surface area contributed by atoms with Crippen LogP contribution in [0.25, 0.3) is 0 Å². The summed E-state index contributed by atoms with van der Waals surface area (Å²) in [5.74, 6) is 0.0270. The summed E-state index contributed by atoms with van der Waals surface area (Å²) in [6, 6.07) is -0.267. The Morgan fingerprint density at radius 3 is 2.53 bits per heavy atom. The van der Waals surface area contributed by atoms with Crippen LogP contribution in [0.5, 0.6) is 0 Å². The van der Waals surface area contributed by atoms with Crippen LogP contribution in [0.4, 0.5) is 0 Å². The average Bonchev–Trinajstić information content (AvgIpc) is 3.25. The van der Waals surface area contributed by atoms with Crippen molar-refractivity contribution in [2.45, 2.75) is 80.5 Å². The molecular weight excluding hydrogens is 414 g/mol. The Kier molecular flexibility index (Phi) is 3.99. The number of fused-ring (bicyclic) bond motifs is 3. The summed E-state index contributed by atoms with van der Waals surface area (Å²) in [4.78, 5) is 2.27. The number of piperidine rings is 1. The molecule has 0 aromatic rings. The maximum atomic E-state index is 12.9. The highest BCUT2D eigenvalue weighted by Gasteiger charge is 2.94. The first kappa shape index (κ1) is 21.0. The van der Waals surface area contributed by atoms with Crippen molar-refractivity contribution in [1.29, 1.82) is 0 Å². The maximum Gasteiger partial charge on any atom is 0.136 e. The molecule has 0 aromatic carbocycles. The fourth-order valence-electron chi connectivity index (χ4n) is 11.3. The number of methoxy groups -OCH3 is 3. The molecule has 32 heavy (non-hydrogen) atoms. The van der Waals surface area contributed by atoms with Gasteiger partial charge in [-0.05, 0) is 31.7 Å². The van der Waals surface area contributed by atoms with E-state index in [1.54, 1.807) is 21.3 Å². The van der Waals surface area contributed by atoms with Crippen LogP contribution in [0.15, 0.2) is 0 Å². The van der Waals surface area contributed by atoms with Gasteiger partial charge >= 0.3 is 0 Å². The van der Waals surface area contributed by atoms with Crippen molar-refractivity contribution >= 4 is 0 Å². The molecule has 14 atom stereocenters. The first-order chi connectivity index (χ1) is 15.4. The van der Waals surface area contributed by atoms with Gasteiger partial charge in [-0.1, -0.05) is 6.92 Å². The van der Waals surface area contributed by atoms with E-state index in [9.17, 15) is 15.3 Å². The molecule has 0 aromatic heterocycles. The lowest BCUT2D eigenvalue weighted by molar-refractivity contribution is -0.410. The second-order valence-corrected chi connectivity index (χ2v) is 11.7. The maximum absolute atomic E-state index is 12.9. The van der Waals surface area contributed by atoms with Crippen LogP contribution in [0.3, 0.4) is 0 Å². The fourth-order valence-corrected chi connectivity index (χ4v) is 11.3. The third-order valence-corrected chi connectivity index (χ3v) is 11.7. The molecule has 4 aliphatic heterocycles. The molecule has 3 N–H and O–H groups in total. The molecule has 1 spiro atoms. The predicted molar refractivity (Wildman–Crippen MR) is 111 cm³/mol. The van der Waals surface area contributed by atoms with E-state index in [1.165, 1.54) is 0 Å². The van der Waals surface area contributed by atoms with Gasteiger partial charge in [-0.25, -0.2) is 0 Å². The summed E-state index contributed by atoms with van der Waals surface area (Å²) in [5, 5.41) is 36.4. The molecule has 4 saturated heterocycles. The highest BCUT2D eigenvalue weighted by Crippen LogP contribution is 2.83. The fraction of sp³-hybridized carbons (Fsp3) is 1.00. The van der Waals surface area contributed by atoms with Crippen molar-refractivity contribution in [2.24, 2.45) is 34.5 Å². The van der Waals surface area contributed by atoms with Crippen LogP contribution in [0.1, 0.15) is 32.6 Å². The third kappa shape index (κ3) is 1.68. The van der Waals surface area contributed by atoms with Gasteiger partial charge in [0.1, 0.15) is 17.4 Å². The Morgan fingerprint density at radius 1 is 1.12 bits per heavy atom. The van der Waals surface area contributed by atoms with Gasteiger partial charge in [-0.3, -0.25) is 4.90 Å². The van der Waals surface area contributed by atoms with E-state index in [1.807, 2.05) is 0 Å². The first-order valence-electron chi connectivity index (χ1n) is 12.4. The Bertz CT molecular complexity index is 843. The molecule has 9 bridgehead atoms. The second kappa shape index (κ2) is 6.08. The minimum atomic E-state index is -1.49. The Balaban J connectivity index is 1.55. The summed E-state index contributed by atoms with van der Waals surface area (Å²) >= 11 is 0. The van der Waals surface area contributed by atoms with Gasteiger partial charge in [0.25, 0.3) is 0 Å². The van der Waals surface area contributed by atoms with Crippen molar-refractivity contribution in [1.82, 2.24) is 4.90 Å². The number of nitrogens with zero attached hydrogens (tertiary/aromatic N) is 1. The van der Waals surface area contributed by atoms with Crippen molar-refractivity contribution in [2.75, 3.05) is 34.5 Å². The molecule has 5 saturated carbocycles. The zero-order chi connectivity index (χ0) is 22.4. The number of aliphatic hydroxyl groups is 3. The van der Waals surface area contributed by atoms with E-state index in [2.05, 4.69) is 11.8 Å². The highest BCUT2D eigenvalue weighted by atomic mass is 16.5. The summed E-state index contributed by atoms with van der Waals surface area (Å²) < 4.78 is 25.0. The van der Waals surface area contributed by atoms with Gasteiger partial charge in [0.05, 0.1) is 37.1 Å². The third-order valence-electron chi connectivity index (χ3n) is 11.7. The first-order valence-corrected chi connectivity index (χ1v) is 12.4. The van der Waals surface area contributed by atoms with E-state index in [0.717, 1.165) is 19.3 Å². The second-order valence-electron chi connectivity index (χ2n) is 11.7. The lowest BCUT2D eigenvalue weighted by Crippen LogP contribution is -2.86. The largest absolute Gasteiger partial charge is 0.396 e. The molecule has 8 heteroatoms. The van der Waals surface area contributed by atoms with Crippen molar-refractivity contribution in [3.63, 3.8) is 0 Å². The normalized spacial score (nSPS) is 65.7. The van der Waals surface area contributed by atoms with E-state index in [4.69, 9.17) is 18.9 Å². The predicted octanol–water partition coefficient (Wildman–Crippen LogP) is -0.0191. The topological polar surface area (TPSA) is 101 Å². The van der Waals surface area contributed by atoms with Gasteiger partial charge in [-0.2, -0.15) is 0 Å². The van der Waals surface area contributed by atoms with Crippen LogP contribution < -0.4 is 0 Å². The van der Waals surface area contributed by atoms with Crippen LogP contribution >= 0.6 is 0 Å². The summed E-state index contributed by atoms with van der Waals surface area (Å²) in [5.41, 5.74) is -3.77. The number of likely N-dealkylation sites (N-methyl/N-ethyl adjacent to an activating group) is 1. The van der Waals surface area contributed by atoms with Gasteiger partial charge < -0.3 is 34.3 Å². The summed E-state index contributed by atoms with van der Waals surface area (Å²) in [6.07, 6.45) is 1.81. The smallest absolute Gasteiger partial charge is 0.136 e. The van der Waals surface area contributed by atoms with Crippen LogP contribution in [0, 0.1) is 34.5 Å². The van der Waals surface area contributed by atoms with Crippen LogP contribution in [-0.2, 0) is 18.9 Å². The zero-order valence-electron chi connectivity index (χ0n) is 19.4.